The highest BCUT2D eigenvalue weighted by Crippen LogP contribution is 2.25. The summed E-state index contributed by atoms with van der Waals surface area (Å²) in [6.07, 6.45) is -3.77. The van der Waals surface area contributed by atoms with Crippen molar-refractivity contribution in [1.82, 2.24) is 100 Å². The number of phenols is 1. The number of unbranched alkanes of at least 4 members (excludes halogenated alkanes) is 1. The average molecular weight is 2050 g/mol. The number of para-hydroxylation sites is 1. The fraction of sp³-hybridized carbons (Fsp3) is 0.588. The number of carboxylic acid groups (broad SMARTS) is 2. The molecule has 1 radical (unpaired) electrons. The molecule has 18 amide bonds. The molecule has 1 aliphatic heterocycles. The number of aromatic hydroxyl groups is 1. The van der Waals surface area contributed by atoms with Crippen molar-refractivity contribution in [3.05, 3.63) is 90.6 Å². The van der Waals surface area contributed by atoms with Gasteiger partial charge in [0, 0.05) is 80.7 Å². The molecule has 5 rings (SSSR count). The maximum absolute atomic E-state index is 15.1. The minimum Gasteiger partial charge on any atom is -0.508 e. The van der Waals surface area contributed by atoms with Crippen molar-refractivity contribution in [3.8, 4) is 5.75 Å². The Kier molecular flexibility index (Phi) is 51.0. The van der Waals surface area contributed by atoms with Crippen molar-refractivity contribution in [1.29, 1.82) is 0 Å². The molecule has 1 saturated heterocycles. The number of phenolic OH excluding ortho intramolecular Hbond substituents is 1. The number of nitrogens with zero attached hydrogens (tertiary/aromatic N) is 1. The number of aliphatic carboxylic acids is 2. The van der Waals surface area contributed by atoms with E-state index in [1.165, 1.54) is 56.8 Å². The number of Topliss-reactive ketones (excluding diaryl/α,β-unsaturated/α-hetero) is 2. The number of amides is 18. The van der Waals surface area contributed by atoms with E-state index < -0.39 is 315 Å². The van der Waals surface area contributed by atoms with Crippen LogP contribution >= 0.6 is 0 Å². The van der Waals surface area contributed by atoms with Crippen LogP contribution in [0.5, 0.6) is 5.75 Å². The topological polar surface area (TPSA) is 792 Å². The maximum Gasteiger partial charge on any atom is 0.305 e. The summed E-state index contributed by atoms with van der Waals surface area (Å²) in [6.45, 7) is 19.0. The zero-order chi connectivity index (χ0) is 109. The van der Waals surface area contributed by atoms with Gasteiger partial charge in [0.1, 0.15) is 103 Å². The van der Waals surface area contributed by atoms with Gasteiger partial charge in [-0.25, -0.2) is 4.98 Å². The van der Waals surface area contributed by atoms with Crippen molar-refractivity contribution in [2.75, 3.05) is 19.7 Å². The third-order valence-corrected chi connectivity index (χ3v) is 23.8. The summed E-state index contributed by atoms with van der Waals surface area (Å²) in [5, 5.41) is 91.4. The number of imidazole rings is 1. The molecule has 1 aliphatic rings. The van der Waals surface area contributed by atoms with Crippen LogP contribution in [0.25, 0.3) is 10.9 Å². The lowest BCUT2D eigenvalue weighted by atomic mass is 9.86. The molecule has 29 N–H and O–H groups in total. The maximum atomic E-state index is 15.1. The van der Waals surface area contributed by atoms with Crippen molar-refractivity contribution in [2.45, 2.75) is 302 Å². The first-order chi connectivity index (χ1) is 68.8. The molecule has 2 aromatic heterocycles. The smallest absolute Gasteiger partial charge is 0.305 e. The summed E-state index contributed by atoms with van der Waals surface area (Å²) in [6, 6.07) is -10.8. The number of carbonyl (C=O) groups excluding carboxylic acids is 20. The molecular formula is C97H145N22O27. The predicted molar refractivity (Wildman–Crippen MR) is 525 cm³/mol. The Morgan fingerprint density at radius 2 is 1.01 bits per heavy atom. The number of aliphatic hydroxyl groups excluding tert-OH is 2. The highest BCUT2D eigenvalue weighted by Gasteiger charge is 2.42. The van der Waals surface area contributed by atoms with Gasteiger partial charge in [0.25, 0.3) is 0 Å². The number of ketones is 2. The molecular weight excluding hydrogens is 1910 g/mol. The van der Waals surface area contributed by atoms with Crippen LogP contribution in [-0.4, -0.2) is 281 Å². The van der Waals surface area contributed by atoms with Crippen LogP contribution in [0.3, 0.4) is 0 Å². The number of rotatable bonds is 59. The molecule has 1 unspecified atom stereocenters. The number of nitrogens with one attached hydrogen (secondary N) is 18. The number of benzene rings is 2. The lowest BCUT2D eigenvalue weighted by molar-refractivity contribution is -0.141. The number of carboxylic acids is 2. The van der Waals surface area contributed by atoms with E-state index in [0.29, 0.717) is 41.4 Å². The normalized spacial score (nSPS) is 17.5. The number of primary amides is 2. The Hall–Kier alpha value is -14.4. The second-order valence-electron chi connectivity index (χ2n) is 38.5. The molecule has 1 fully saturated rings. The SMILES string of the molecule is CC(=O)C[C@H](CO)C(=O)N[C@H](C(=O)N[C@H](CC(C)C)C(=O)N[C@H](C(=O)C[C@@H](C(=O)N[C@@H](CC(C)C)C(=O)N[C@H](Cc1c[nH]cn1)C(=O)N[C@@H](CCC(N)=O)C(=O)N[C@H](CC(N)=O)C(=O)N[C@@H](Cc1c[nH]c2ccccc12)C(=O)N[C@H](CC(C)C)C(=O)N[C@@H](CC(=O)O)C(=O)N[CH]C(=O)N[C@H]1CCCCNC(=O)[C@@H](CCCCN)NC(=O)[C@H](Cc2ccc(O)cc2)NC(=O)[C@@H](CCC(=O)O)NC1=O)C(C)C)C(C)O)C(C)C. The van der Waals surface area contributed by atoms with Crippen molar-refractivity contribution < 1.29 is 131 Å². The number of fused-ring (bicyclic) bond motifs is 1. The van der Waals surface area contributed by atoms with E-state index in [9.17, 15) is 126 Å². The number of aromatic amines is 2. The highest BCUT2D eigenvalue weighted by molar-refractivity contribution is 6.03. The number of H-pyrrole nitrogens is 2. The van der Waals surface area contributed by atoms with Crippen LogP contribution in [0.4, 0.5) is 0 Å². The van der Waals surface area contributed by atoms with Gasteiger partial charge in [-0.2, -0.15) is 0 Å². The fourth-order valence-electron chi connectivity index (χ4n) is 16.0. The van der Waals surface area contributed by atoms with Gasteiger partial charge in [0.15, 0.2) is 5.78 Å². The van der Waals surface area contributed by atoms with E-state index in [4.69, 9.17) is 17.2 Å². The average Bonchev–Trinajstić information content (AvgIpc) is 1.62. The molecule has 3 heterocycles. The molecule has 0 aliphatic carbocycles. The van der Waals surface area contributed by atoms with Crippen molar-refractivity contribution in [3.63, 3.8) is 0 Å². The minimum absolute atomic E-state index is 0.0133. The number of aliphatic hydroxyl groups is 2. The molecule has 2 aromatic carbocycles. The van der Waals surface area contributed by atoms with Crippen molar-refractivity contribution in [2.24, 2.45) is 58.6 Å². The molecule has 4 aromatic rings. The summed E-state index contributed by atoms with van der Waals surface area (Å²) in [5.41, 5.74) is 18.5. The standard InChI is InChI=1S/C97H145N22O27/c1-48(2)33-67(110-84(133)61(51(7)8)40-75(124)82(54(12)122)119-96(145)69(35-50(5)6)117-97(146)81(52(9)10)118-83(132)57(46-120)36-53(11)121)90(139)114-72(39-58-44-101-47-105-58)94(143)109-65(27-29-76(99)125)88(137)115-73(41-77(100)126)95(144)113-71(38-56-43-103-62-20-14-13-19-60(56)62)93(142)111-68(34-49(3)4)91(140)116-74(42-80(130)131)86(135)104-45-78(127)106-64-22-16-18-32-102-85(134)63(21-15-17-31-98)107-92(141)70(37-55-23-25-59(123)26-24-55)112-89(138)66(108-87(64)136)28-30-79(128)129/h13-14,19-20,23-26,43-45,47-52,54,57,61,63-74,81-82,103,120,122-123H,15-18,21-22,27-42,46,98H2,1-12H3,(H2,99,125)(H2,100,126)(H,101,105)(H,102,134)(H,104,135)(H,106,127)(H,107,141)(H,108,136)(H,109,143)(H,110,133)(H,111,142)(H,112,138)(H,113,144)(H,114,139)(H,115,137)(H,116,140)(H,117,146)(H,118,132)(H,119,145)(H,128,129)(H,130,131)/t54?,57-,61-,63-,64+,65+,66-,67+,68-,69-,70+,71+,72-,73-,74+,81+,82+/m1/s1. The molecule has 0 saturated carbocycles. The van der Waals surface area contributed by atoms with E-state index >= 15 is 4.79 Å². The molecule has 49 nitrogen and oxygen atoms in total. The third kappa shape index (κ3) is 42.5. The lowest BCUT2D eigenvalue weighted by Gasteiger charge is -2.30. The molecule has 49 heteroatoms. The van der Waals surface area contributed by atoms with Crippen LogP contribution in [-0.2, 0) is 125 Å². The summed E-state index contributed by atoms with van der Waals surface area (Å²) in [5.74, 6) is -28.2. The first kappa shape index (κ1) is 122. The van der Waals surface area contributed by atoms with E-state index in [-0.39, 0.29) is 94.2 Å². The first-order valence-electron chi connectivity index (χ1n) is 48.8. The second kappa shape index (κ2) is 61.0. The van der Waals surface area contributed by atoms with E-state index in [1.54, 1.807) is 93.5 Å². The molecule has 0 spiro atoms. The van der Waals surface area contributed by atoms with E-state index in [0.717, 1.165) is 0 Å². The van der Waals surface area contributed by atoms with Crippen LogP contribution in [0.15, 0.2) is 67.3 Å². The monoisotopic (exact) mass is 2050 g/mol. The Balaban J connectivity index is 1.40. The zero-order valence-electron chi connectivity index (χ0n) is 84.3. The van der Waals surface area contributed by atoms with Crippen LogP contribution in [0.1, 0.15) is 209 Å². The Labute approximate surface area is 844 Å². The predicted octanol–water partition coefficient (Wildman–Crippen LogP) is -3.41. The molecule has 0 bridgehead atoms. The fourth-order valence-corrected chi connectivity index (χ4v) is 16.0. The van der Waals surface area contributed by atoms with E-state index in [1.807, 2.05) is 0 Å². The minimum atomic E-state index is -2.07. The zero-order valence-corrected chi connectivity index (χ0v) is 84.3. The largest absolute Gasteiger partial charge is 0.508 e. The number of hydrogen-bond acceptors (Lipinski definition) is 27. The first-order valence-corrected chi connectivity index (χ1v) is 48.8. The van der Waals surface area contributed by atoms with Gasteiger partial charge in [0.2, 0.25) is 106 Å². The van der Waals surface area contributed by atoms with Crippen LogP contribution < -0.4 is 102 Å². The van der Waals surface area contributed by atoms with E-state index in [2.05, 4.69) is 100 Å². The highest BCUT2D eigenvalue weighted by atomic mass is 16.4. The quantitative estimate of drug-likeness (QED) is 0.0192. The summed E-state index contributed by atoms with van der Waals surface area (Å²) in [4.78, 5) is 316. The summed E-state index contributed by atoms with van der Waals surface area (Å²) < 4.78 is 0. The second-order valence-corrected chi connectivity index (χ2v) is 38.5. The number of hydrogen-bond donors (Lipinski definition) is 26. The van der Waals surface area contributed by atoms with Crippen molar-refractivity contribution >= 4 is 141 Å². The summed E-state index contributed by atoms with van der Waals surface area (Å²) in [7, 11) is 0. The third-order valence-electron chi connectivity index (χ3n) is 23.8. The van der Waals surface area contributed by atoms with Crippen LogP contribution in [0.2, 0.25) is 0 Å². The molecule has 805 valence electrons. The Morgan fingerprint density at radius 3 is 1.55 bits per heavy atom. The van der Waals surface area contributed by atoms with Gasteiger partial charge < -0.3 is 143 Å². The van der Waals surface area contributed by atoms with Gasteiger partial charge in [-0.1, -0.05) is 99.6 Å². The van der Waals surface area contributed by atoms with Gasteiger partial charge >= 0.3 is 11.9 Å². The van der Waals surface area contributed by atoms with Crippen LogP contribution in [0, 0.1) is 48.0 Å². The molecule has 17 atom stereocenters. The molecule has 146 heavy (non-hydrogen) atoms. The number of aromatic nitrogens is 3. The van der Waals surface area contributed by atoms with Gasteiger partial charge in [-0.3, -0.25) is 101 Å². The summed E-state index contributed by atoms with van der Waals surface area (Å²) >= 11 is 0. The van der Waals surface area contributed by atoms with Gasteiger partial charge in [0.05, 0.1) is 43.5 Å². The van der Waals surface area contributed by atoms with Gasteiger partial charge in [-0.15, -0.1) is 0 Å². The van der Waals surface area contributed by atoms with Gasteiger partial charge in [-0.05, 0) is 150 Å². The Bertz CT molecular complexity index is 5160. The number of carbonyl (C=O) groups is 22. The lowest BCUT2D eigenvalue weighted by Crippen LogP contribution is -2.61. The Morgan fingerprint density at radius 1 is 0.500 bits per heavy atom. The number of nitrogens with two attached hydrogens (primary N) is 3.